The number of carbonyl (C=O) groups is 1. The van der Waals surface area contributed by atoms with Crippen LogP contribution < -0.4 is 17.5 Å². The largest absolute Gasteiger partial charge is 2.00 e. The number of carboxylic acids is 1. The Morgan fingerprint density at radius 3 is 1.64 bits per heavy atom. The molecule has 0 rings (SSSR count). The zero-order valence-electron chi connectivity index (χ0n) is 14.5. The van der Waals surface area contributed by atoms with Crippen molar-refractivity contribution >= 4 is 5.97 Å². The minimum Gasteiger partial charge on any atom is -1.00 e. The van der Waals surface area contributed by atoms with Gasteiger partial charge in [-0.2, -0.15) is 0 Å². The van der Waals surface area contributed by atoms with Gasteiger partial charge in [0.2, 0.25) is 0 Å². The van der Waals surface area contributed by atoms with Crippen LogP contribution in [0.15, 0.2) is 12.2 Å². The Hall–Kier alpha value is 0.123. The summed E-state index contributed by atoms with van der Waals surface area (Å²) in [6, 6.07) is 0. The molecule has 0 unspecified atom stereocenters. The van der Waals surface area contributed by atoms with E-state index in [0.717, 1.165) is 19.3 Å². The number of carboxylic acid groups (broad SMARTS) is 1. The SMILES string of the molecule is CCCCCCCCC=CCCCCCCCC(=O)[O-].[Cl-].[Zn+2]. The number of carbonyl (C=O) groups excluding carboxylic acids is 1. The average Bonchev–Trinajstić information content (AvgIpc) is 2.43. The molecule has 0 N–H and O–H groups in total. The van der Waals surface area contributed by atoms with Crippen LogP contribution in [0.25, 0.3) is 0 Å². The maximum atomic E-state index is 10.2. The molecule has 0 saturated heterocycles. The Morgan fingerprint density at radius 1 is 0.773 bits per heavy atom. The van der Waals surface area contributed by atoms with Gasteiger partial charge in [-0.15, -0.1) is 0 Å². The monoisotopic (exact) mass is 380 g/mol. The summed E-state index contributed by atoms with van der Waals surface area (Å²) in [4.78, 5) is 10.2. The molecule has 126 valence electrons. The van der Waals surface area contributed by atoms with Gasteiger partial charge in [0.05, 0.1) is 0 Å². The van der Waals surface area contributed by atoms with E-state index in [1.54, 1.807) is 0 Å². The van der Waals surface area contributed by atoms with Gasteiger partial charge in [0.25, 0.3) is 0 Å². The molecule has 0 spiro atoms. The zero-order chi connectivity index (χ0) is 14.9. The molecule has 0 amide bonds. The molecule has 0 aliphatic heterocycles. The number of rotatable bonds is 15. The third-order valence-electron chi connectivity index (χ3n) is 3.64. The van der Waals surface area contributed by atoms with Crippen molar-refractivity contribution in [2.75, 3.05) is 0 Å². The molecule has 2 nitrogen and oxygen atoms in total. The number of unbranched alkanes of at least 4 members (excludes halogenated alkanes) is 11. The Morgan fingerprint density at radius 2 is 1.18 bits per heavy atom. The Bertz CT molecular complexity index is 245. The first-order chi connectivity index (χ1) is 9.77. The van der Waals surface area contributed by atoms with Crippen molar-refractivity contribution in [3.05, 3.63) is 12.2 Å². The predicted octanol–water partition coefficient (Wildman–Crippen LogP) is 1.78. The van der Waals surface area contributed by atoms with Gasteiger partial charge >= 0.3 is 19.5 Å². The summed E-state index contributed by atoms with van der Waals surface area (Å²) in [5.41, 5.74) is 0. The molecule has 0 aliphatic carbocycles. The van der Waals surface area contributed by atoms with E-state index in [-0.39, 0.29) is 38.3 Å². The van der Waals surface area contributed by atoms with Crippen LogP contribution in [0.5, 0.6) is 0 Å². The molecule has 4 heteroatoms. The maximum absolute atomic E-state index is 10.2. The van der Waals surface area contributed by atoms with E-state index in [2.05, 4.69) is 19.1 Å². The van der Waals surface area contributed by atoms with Gasteiger partial charge < -0.3 is 22.3 Å². The minimum atomic E-state index is -0.914. The van der Waals surface area contributed by atoms with Crippen LogP contribution in [-0.2, 0) is 24.3 Å². The van der Waals surface area contributed by atoms with Crippen molar-refractivity contribution < 1.29 is 41.8 Å². The van der Waals surface area contributed by atoms with Crippen LogP contribution in [0, 0.1) is 0 Å². The standard InChI is InChI=1S/C18H34O2.ClH.Zn/c1-2-3-4-5-6-7-8-9-10-11-12-13-14-15-16-17-18(19)20;;/h9-10H,2-8,11-17H2,1H3,(H,19,20);1H;/q;;+2/p-2. The molecule has 0 bridgehead atoms. The van der Waals surface area contributed by atoms with Gasteiger partial charge in [-0.1, -0.05) is 70.4 Å². The number of hydrogen-bond donors (Lipinski definition) is 0. The van der Waals surface area contributed by atoms with Crippen LogP contribution in [0.1, 0.15) is 96.8 Å². The first-order valence-corrected chi connectivity index (χ1v) is 8.62. The van der Waals surface area contributed by atoms with Crippen molar-refractivity contribution in [1.29, 1.82) is 0 Å². The van der Waals surface area contributed by atoms with E-state index in [1.807, 2.05) is 0 Å². The second-order valence-electron chi connectivity index (χ2n) is 5.71. The van der Waals surface area contributed by atoms with Gasteiger partial charge in [0.15, 0.2) is 0 Å². The molecule has 0 atom stereocenters. The third-order valence-corrected chi connectivity index (χ3v) is 3.64. The van der Waals surface area contributed by atoms with Crippen LogP contribution in [-0.4, -0.2) is 5.97 Å². The number of aliphatic carboxylic acids is 1. The first kappa shape index (κ1) is 27.0. The molecular weight excluding hydrogens is 349 g/mol. The van der Waals surface area contributed by atoms with Crippen LogP contribution in [0.3, 0.4) is 0 Å². The smallest absolute Gasteiger partial charge is 1.00 e. The molecule has 0 aromatic rings. The summed E-state index contributed by atoms with van der Waals surface area (Å²) < 4.78 is 0. The van der Waals surface area contributed by atoms with E-state index < -0.39 is 5.97 Å². The second-order valence-corrected chi connectivity index (χ2v) is 5.71. The maximum Gasteiger partial charge on any atom is 2.00 e. The van der Waals surface area contributed by atoms with E-state index in [4.69, 9.17) is 0 Å². The Kier molecular flexibility index (Phi) is 28.7. The van der Waals surface area contributed by atoms with E-state index in [9.17, 15) is 9.90 Å². The molecule has 0 radical (unpaired) electrons. The fourth-order valence-electron chi connectivity index (χ4n) is 2.34. The number of halogens is 1. The second kappa shape index (κ2) is 23.4. The molecule has 0 heterocycles. The minimum absolute atomic E-state index is 0. The molecule has 0 aromatic heterocycles. The van der Waals surface area contributed by atoms with Crippen LogP contribution in [0.2, 0.25) is 0 Å². The average molecular weight is 382 g/mol. The molecule has 0 saturated carbocycles. The van der Waals surface area contributed by atoms with Crippen molar-refractivity contribution in [2.24, 2.45) is 0 Å². The number of hydrogen-bond acceptors (Lipinski definition) is 2. The fraction of sp³-hybridized carbons (Fsp3) is 0.833. The Balaban J connectivity index is -0.00000180. The van der Waals surface area contributed by atoms with Crippen molar-refractivity contribution in [3.63, 3.8) is 0 Å². The van der Waals surface area contributed by atoms with Gasteiger partial charge in [-0.3, -0.25) is 0 Å². The van der Waals surface area contributed by atoms with E-state index >= 15 is 0 Å². The van der Waals surface area contributed by atoms with E-state index in [0.29, 0.717) is 0 Å². The summed E-state index contributed by atoms with van der Waals surface area (Å²) in [6.07, 6.45) is 20.9. The molecular formula is C18H33ClO2Zn. The van der Waals surface area contributed by atoms with Gasteiger partial charge in [-0.05, 0) is 38.5 Å². The van der Waals surface area contributed by atoms with Crippen molar-refractivity contribution in [1.82, 2.24) is 0 Å². The first-order valence-electron chi connectivity index (χ1n) is 8.62. The van der Waals surface area contributed by atoms with Crippen LogP contribution in [0.4, 0.5) is 0 Å². The molecule has 22 heavy (non-hydrogen) atoms. The molecule has 0 aromatic carbocycles. The summed E-state index contributed by atoms with van der Waals surface area (Å²) in [6.45, 7) is 2.26. The number of allylic oxidation sites excluding steroid dienone is 2. The normalized spacial score (nSPS) is 10.2. The van der Waals surface area contributed by atoms with E-state index in [1.165, 1.54) is 64.2 Å². The topological polar surface area (TPSA) is 40.1 Å². The summed E-state index contributed by atoms with van der Waals surface area (Å²) >= 11 is 0. The third kappa shape index (κ3) is 25.1. The Labute approximate surface area is 156 Å². The summed E-state index contributed by atoms with van der Waals surface area (Å²) in [7, 11) is 0. The summed E-state index contributed by atoms with van der Waals surface area (Å²) in [5.74, 6) is -0.914. The van der Waals surface area contributed by atoms with Crippen LogP contribution >= 0.6 is 0 Å². The summed E-state index contributed by atoms with van der Waals surface area (Å²) in [5, 5.41) is 10.2. The zero-order valence-corrected chi connectivity index (χ0v) is 18.2. The quantitative estimate of drug-likeness (QED) is 0.246. The van der Waals surface area contributed by atoms with Gasteiger partial charge in [0.1, 0.15) is 0 Å². The van der Waals surface area contributed by atoms with Gasteiger partial charge in [-0.25, -0.2) is 0 Å². The van der Waals surface area contributed by atoms with Crippen molar-refractivity contribution in [3.8, 4) is 0 Å². The molecule has 0 aliphatic rings. The molecule has 0 fully saturated rings. The van der Waals surface area contributed by atoms with Crippen molar-refractivity contribution in [2.45, 2.75) is 96.8 Å². The predicted molar refractivity (Wildman–Crippen MR) is 84.5 cm³/mol. The van der Waals surface area contributed by atoms with Gasteiger partial charge in [0, 0.05) is 5.97 Å². The fourth-order valence-corrected chi connectivity index (χ4v) is 2.34.